The van der Waals surface area contributed by atoms with E-state index < -0.39 is 0 Å². The van der Waals surface area contributed by atoms with Crippen molar-refractivity contribution in [3.8, 4) is 0 Å². The Morgan fingerprint density at radius 3 is 2.65 bits per heavy atom. The quantitative estimate of drug-likeness (QED) is 0.223. The van der Waals surface area contributed by atoms with Crippen LogP contribution in [-0.4, -0.2) is 5.84 Å². The molecule has 0 fully saturated rings. The number of nitrogens with two attached hydrogens (primary N) is 1. The van der Waals surface area contributed by atoms with Gasteiger partial charge in [-0.1, -0.05) is 59.8 Å². The van der Waals surface area contributed by atoms with Gasteiger partial charge in [-0.05, 0) is 28.5 Å². The molecule has 5 nitrogen and oxygen atoms in total. The summed E-state index contributed by atoms with van der Waals surface area (Å²) in [5, 5.41) is 20.3. The monoisotopic (exact) mass is 303 g/mol. The molecule has 0 atom stereocenters. The van der Waals surface area contributed by atoms with E-state index >= 15 is 0 Å². The summed E-state index contributed by atoms with van der Waals surface area (Å²) in [6, 6.07) is 22.1. The lowest BCUT2D eigenvalue weighted by molar-refractivity contribution is 1.07. The third-order valence-electron chi connectivity index (χ3n) is 3.66. The molecule has 3 aromatic rings. The van der Waals surface area contributed by atoms with Crippen LogP contribution in [-0.2, 0) is 6.54 Å². The normalized spacial score (nSPS) is 11.0. The third kappa shape index (κ3) is 3.35. The standard InChI is InChI=1S/C18H17N5/c19-18(22-23-20)14-7-4-9-16(11-14)21-12-15-8-3-6-13-5-1-2-10-17(13)15/h1-11,21H,12H2,(H3,19,20,22). The van der Waals surface area contributed by atoms with E-state index in [9.17, 15) is 0 Å². The first-order chi connectivity index (χ1) is 11.3. The van der Waals surface area contributed by atoms with Crippen LogP contribution in [0, 0.1) is 5.41 Å². The average molecular weight is 303 g/mol. The molecule has 0 heterocycles. The Morgan fingerprint density at radius 2 is 1.78 bits per heavy atom. The lowest BCUT2D eigenvalue weighted by atomic mass is 10.0. The molecule has 0 radical (unpaired) electrons. The molecule has 0 saturated heterocycles. The number of rotatable bonds is 4. The molecule has 3 aromatic carbocycles. The molecule has 114 valence electrons. The summed E-state index contributed by atoms with van der Waals surface area (Å²) in [5.74, 6) is 5.04. The van der Waals surface area contributed by atoms with Crippen molar-refractivity contribution >= 4 is 22.3 Å². The van der Waals surface area contributed by atoms with Crippen LogP contribution < -0.4 is 11.2 Å². The highest BCUT2D eigenvalue weighted by atomic mass is 15.3. The highest BCUT2D eigenvalue weighted by Gasteiger charge is 2.03. The van der Waals surface area contributed by atoms with E-state index in [1.807, 2.05) is 30.3 Å². The number of nitrogens with one attached hydrogen (secondary N) is 2. The van der Waals surface area contributed by atoms with E-state index in [1.165, 1.54) is 16.3 Å². The smallest absolute Gasteiger partial charge is 0.176 e. The fraction of sp³-hybridized carbons (Fsp3) is 0.0556. The minimum absolute atomic E-state index is 0.0429. The van der Waals surface area contributed by atoms with Crippen molar-refractivity contribution in [2.24, 2.45) is 16.2 Å². The van der Waals surface area contributed by atoms with Crippen LogP contribution >= 0.6 is 0 Å². The maximum absolute atomic E-state index is 7.76. The summed E-state index contributed by atoms with van der Waals surface area (Å²) >= 11 is 0. The second-order valence-electron chi connectivity index (χ2n) is 5.14. The molecule has 3 rings (SSSR count). The lowest BCUT2D eigenvalue weighted by Gasteiger charge is -2.10. The molecule has 0 aliphatic heterocycles. The number of benzene rings is 3. The van der Waals surface area contributed by atoms with Gasteiger partial charge < -0.3 is 11.2 Å². The van der Waals surface area contributed by atoms with Crippen LogP contribution in [0.4, 0.5) is 5.69 Å². The minimum Gasteiger partial charge on any atom is -0.381 e. The first-order valence-electron chi connectivity index (χ1n) is 7.28. The molecule has 23 heavy (non-hydrogen) atoms. The minimum atomic E-state index is 0.0429. The third-order valence-corrected chi connectivity index (χ3v) is 3.66. The van der Waals surface area contributed by atoms with Gasteiger partial charge in [0.15, 0.2) is 5.84 Å². The molecule has 4 N–H and O–H groups in total. The fourth-order valence-electron chi connectivity index (χ4n) is 2.54. The molecule has 0 unspecified atom stereocenters. The SMILES string of the molecule is N=C(N=NN)c1cccc(NCc2cccc3ccccc23)c1. The zero-order chi connectivity index (χ0) is 16.1. The van der Waals surface area contributed by atoms with Gasteiger partial charge in [0.2, 0.25) is 0 Å². The van der Waals surface area contributed by atoms with Gasteiger partial charge in [0, 0.05) is 17.8 Å². The van der Waals surface area contributed by atoms with Gasteiger partial charge in [-0.25, -0.2) is 0 Å². The highest BCUT2D eigenvalue weighted by Crippen LogP contribution is 2.20. The van der Waals surface area contributed by atoms with Crippen molar-refractivity contribution < 1.29 is 0 Å². The van der Waals surface area contributed by atoms with Crippen LogP contribution in [0.2, 0.25) is 0 Å². The van der Waals surface area contributed by atoms with Gasteiger partial charge in [0.1, 0.15) is 0 Å². The topological polar surface area (TPSA) is 86.6 Å². The number of fused-ring (bicyclic) bond motifs is 1. The van der Waals surface area contributed by atoms with Crippen molar-refractivity contribution in [3.05, 3.63) is 77.9 Å². The Balaban J connectivity index is 1.80. The lowest BCUT2D eigenvalue weighted by Crippen LogP contribution is -2.02. The second-order valence-corrected chi connectivity index (χ2v) is 5.14. The molecule has 5 heteroatoms. The van der Waals surface area contributed by atoms with Gasteiger partial charge in [-0.3, -0.25) is 5.41 Å². The number of nitrogens with zero attached hydrogens (tertiary/aromatic N) is 2. The molecular weight excluding hydrogens is 286 g/mol. The fourth-order valence-corrected chi connectivity index (χ4v) is 2.54. The zero-order valence-corrected chi connectivity index (χ0v) is 12.5. The summed E-state index contributed by atoms with van der Waals surface area (Å²) < 4.78 is 0. The van der Waals surface area contributed by atoms with E-state index in [2.05, 4.69) is 46.0 Å². The largest absolute Gasteiger partial charge is 0.381 e. The maximum Gasteiger partial charge on any atom is 0.176 e. The zero-order valence-electron chi connectivity index (χ0n) is 12.5. The van der Waals surface area contributed by atoms with Crippen LogP contribution in [0.5, 0.6) is 0 Å². The van der Waals surface area contributed by atoms with Crippen molar-refractivity contribution in [2.45, 2.75) is 6.54 Å². The Labute approximate surface area is 134 Å². The van der Waals surface area contributed by atoms with Crippen LogP contribution in [0.15, 0.2) is 77.1 Å². The summed E-state index contributed by atoms with van der Waals surface area (Å²) in [7, 11) is 0. The Bertz CT molecular complexity index is 865. The van der Waals surface area contributed by atoms with Crippen molar-refractivity contribution in [2.75, 3.05) is 5.32 Å². The first-order valence-corrected chi connectivity index (χ1v) is 7.28. The highest BCUT2D eigenvalue weighted by molar-refractivity contribution is 5.97. The molecular formula is C18H17N5. The van der Waals surface area contributed by atoms with E-state index in [1.54, 1.807) is 6.07 Å². The van der Waals surface area contributed by atoms with Crippen LogP contribution in [0.25, 0.3) is 10.8 Å². The molecule has 0 aliphatic carbocycles. The second kappa shape index (κ2) is 6.70. The number of hydrogen-bond acceptors (Lipinski definition) is 3. The van der Waals surface area contributed by atoms with Gasteiger partial charge in [0.25, 0.3) is 0 Å². The van der Waals surface area contributed by atoms with Gasteiger partial charge in [-0.2, -0.15) is 0 Å². The molecule has 0 amide bonds. The molecule has 0 spiro atoms. The maximum atomic E-state index is 7.76. The van der Waals surface area contributed by atoms with Gasteiger partial charge in [0.05, 0.1) is 0 Å². The summed E-state index contributed by atoms with van der Waals surface area (Å²) in [5.41, 5.74) is 2.82. The van der Waals surface area contributed by atoms with E-state index in [0.717, 1.165) is 5.69 Å². The number of anilines is 1. The van der Waals surface area contributed by atoms with E-state index in [4.69, 9.17) is 11.3 Å². The van der Waals surface area contributed by atoms with Crippen molar-refractivity contribution in [1.29, 1.82) is 5.41 Å². The molecule has 0 bridgehead atoms. The van der Waals surface area contributed by atoms with Crippen LogP contribution in [0.1, 0.15) is 11.1 Å². The van der Waals surface area contributed by atoms with E-state index in [-0.39, 0.29) is 5.84 Å². The first kappa shape index (κ1) is 14.7. The summed E-state index contributed by atoms with van der Waals surface area (Å²) in [4.78, 5) is 0. The van der Waals surface area contributed by atoms with Crippen molar-refractivity contribution in [1.82, 2.24) is 0 Å². The molecule has 0 aliphatic rings. The van der Waals surface area contributed by atoms with E-state index in [0.29, 0.717) is 12.1 Å². The number of hydrogen-bond donors (Lipinski definition) is 3. The number of amidine groups is 1. The predicted octanol–water partition coefficient (Wildman–Crippen LogP) is 4.10. The Morgan fingerprint density at radius 1 is 1.00 bits per heavy atom. The molecule has 0 aromatic heterocycles. The van der Waals surface area contributed by atoms with Crippen molar-refractivity contribution in [3.63, 3.8) is 0 Å². The summed E-state index contributed by atoms with van der Waals surface area (Å²) in [6.45, 7) is 0.705. The van der Waals surface area contributed by atoms with Gasteiger partial charge >= 0.3 is 0 Å². The summed E-state index contributed by atoms with van der Waals surface area (Å²) in [6.07, 6.45) is 0. The Hall–Kier alpha value is -3.21. The van der Waals surface area contributed by atoms with Crippen LogP contribution in [0.3, 0.4) is 0 Å². The Kier molecular flexibility index (Phi) is 4.29. The molecule has 0 saturated carbocycles. The average Bonchev–Trinajstić information content (AvgIpc) is 2.60. The predicted molar refractivity (Wildman–Crippen MR) is 93.6 cm³/mol. The van der Waals surface area contributed by atoms with Gasteiger partial charge in [-0.15, -0.1) is 5.11 Å².